The Bertz CT molecular complexity index is 901. The van der Waals surface area contributed by atoms with Crippen molar-refractivity contribution < 1.29 is 4.79 Å². The Morgan fingerprint density at radius 1 is 1.00 bits per heavy atom. The van der Waals surface area contributed by atoms with Crippen LogP contribution in [-0.4, -0.2) is 69.5 Å². The standard InChI is InChI=1S/C26H37N5O/c1-27-26(28-16-15-21-9-8-10-23(19-21)25(32)29(2)3)30(4)20-22-11-13-24(14-12-22)31-17-6-5-7-18-31/h8-14,19H,5-7,15-18,20H2,1-4H3,(H,27,28). The molecule has 32 heavy (non-hydrogen) atoms. The maximum atomic E-state index is 12.2. The van der Waals surface area contributed by atoms with Gasteiger partial charge in [0.15, 0.2) is 5.96 Å². The second kappa shape index (κ2) is 11.6. The molecule has 3 rings (SSSR count). The van der Waals surface area contributed by atoms with Gasteiger partial charge in [0.1, 0.15) is 0 Å². The Kier molecular flexibility index (Phi) is 8.54. The molecule has 0 saturated carbocycles. The van der Waals surface area contributed by atoms with Crippen LogP contribution in [0.2, 0.25) is 0 Å². The van der Waals surface area contributed by atoms with Gasteiger partial charge in [0.25, 0.3) is 5.91 Å². The van der Waals surface area contributed by atoms with Crippen LogP contribution in [-0.2, 0) is 13.0 Å². The number of guanidine groups is 1. The fourth-order valence-corrected chi connectivity index (χ4v) is 4.13. The van der Waals surface area contributed by atoms with E-state index in [9.17, 15) is 4.79 Å². The smallest absolute Gasteiger partial charge is 0.253 e. The maximum absolute atomic E-state index is 12.2. The van der Waals surface area contributed by atoms with E-state index in [4.69, 9.17) is 0 Å². The van der Waals surface area contributed by atoms with Crippen molar-refractivity contribution in [1.29, 1.82) is 0 Å². The van der Waals surface area contributed by atoms with E-state index in [2.05, 4.69) is 57.5 Å². The van der Waals surface area contributed by atoms with E-state index in [1.165, 1.54) is 43.6 Å². The first-order valence-electron chi connectivity index (χ1n) is 11.5. The molecule has 0 spiro atoms. The molecule has 6 heteroatoms. The Balaban J connectivity index is 1.50. The van der Waals surface area contributed by atoms with E-state index in [0.717, 1.165) is 36.6 Å². The molecule has 0 bridgehead atoms. The lowest BCUT2D eigenvalue weighted by Crippen LogP contribution is -2.39. The zero-order valence-corrected chi connectivity index (χ0v) is 20.0. The maximum Gasteiger partial charge on any atom is 0.253 e. The van der Waals surface area contributed by atoms with E-state index in [1.807, 2.05) is 25.2 Å². The molecule has 1 aliphatic rings. The topological polar surface area (TPSA) is 51.2 Å². The summed E-state index contributed by atoms with van der Waals surface area (Å²) >= 11 is 0. The van der Waals surface area contributed by atoms with Gasteiger partial charge in [0.2, 0.25) is 0 Å². The predicted octanol–water partition coefficient (Wildman–Crippen LogP) is 3.63. The van der Waals surface area contributed by atoms with Gasteiger partial charge < -0.3 is 20.0 Å². The number of piperidine rings is 1. The first kappa shape index (κ1) is 23.6. The van der Waals surface area contributed by atoms with Crippen LogP contribution in [0.3, 0.4) is 0 Å². The molecule has 1 aliphatic heterocycles. The van der Waals surface area contributed by atoms with E-state index >= 15 is 0 Å². The molecule has 1 N–H and O–H groups in total. The van der Waals surface area contributed by atoms with Crippen molar-refractivity contribution >= 4 is 17.6 Å². The summed E-state index contributed by atoms with van der Waals surface area (Å²) in [4.78, 5) is 22.8. The predicted molar refractivity (Wildman–Crippen MR) is 133 cm³/mol. The van der Waals surface area contributed by atoms with Gasteiger partial charge in [-0.15, -0.1) is 0 Å². The van der Waals surface area contributed by atoms with E-state index in [0.29, 0.717) is 0 Å². The van der Waals surface area contributed by atoms with Gasteiger partial charge in [-0.2, -0.15) is 0 Å². The van der Waals surface area contributed by atoms with Crippen LogP contribution in [0.15, 0.2) is 53.5 Å². The number of nitrogens with one attached hydrogen (secondary N) is 1. The number of carbonyl (C=O) groups excluding carboxylic acids is 1. The summed E-state index contributed by atoms with van der Waals surface area (Å²) in [5.41, 5.74) is 4.46. The molecule has 6 nitrogen and oxygen atoms in total. The van der Waals surface area contributed by atoms with Crippen LogP contribution < -0.4 is 10.2 Å². The Morgan fingerprint density at radius 3 is 2.38 bits per heavy atom. The first-order chi connectivity index (χ1) is 15.5. The number of aliphatic imine (C=N–C) groups is 1. The molecule has 1 fully saturated rings. The van der Waals surface area contributed by atoms with Crippen molar-refractivity contribution in [2.45, 2.75) is 32.2 Å². The third kappa shape index (κ3) is 6.49. The van der Waals surface area contributed by atoms with Crippen LogP contribution in [0.4, 0.5) is 5.69 Å². The largest absolute Gasteiger partial charge is 0.372 e. The highest BCUT2D eigenvalue weighted by molar-refractivity contribution is 5.94. The van der Waals surface area contributed by atoms with Crippen molar-refractivity contribution in [3.63, 3.8) is 0 Å². The zero-order chi connectivity index (χ0) is 22.9. The van der Waals surface area contributed by atoms with Gasteiger partial charge in [-0.25, -0.2) is 0 Å². The molecule has 1 saturated heterocycles. The van der Waals surface area contributed by atoms with Crippen LogP contribution in [0.25, 0.3) is 0 Å². The average Bonchev–Trinajstić information content (AvgIpc) is 2.82. The minimum Gasteiger partial charge on any atom is -0.372 e. The number of carbonyl (C=O) groups is 1. The highest BCUT2D eigenvalue weighted by atomic mass is 16.2. The molecule has 2 aromatic rings. The van der Waals surface area contributed by atoms with E-state index < -0.39 is 0 Å². The highest BCUT2D eigenvalue weighted by Crippen LogP contribution is 2.20. The monoisotopic (exact) mass is 435 g/mol. The molecule has 0 aromatic heterocycles. The summed E-state index contributed by atoms with van der Waals surface area (Å²) < 4.78 is 0. The minimum absolute atomic E-state index is 0.0293. The summed E-state index contributed by atoms with van der Waals surface area (Å²) in [6.07, 6.45) is 4.77. The summed E-state index contributed by atoms with van der Waals surface area (Å²) in [5.74, 6) is 0.896. The van der Waals surface area contributed by atoms with Gasteiger partial charge in [0.05, 0.1) is 0 Å². The quantitative estimate of drug-likeness (QED) is 0.533. The lowest BCUT2D eigenvalue weighted by Gasteiger charge is -2.29. The molecule has 0 atom stereocenters. The van der Waals surface area contributed by atoms with Gasteiger partial charge in [-0.05, 0) is 61.1 Å². The Morgan fingerprint density at radius 2 is 1.72 bits per heavy atom. The van der Waals surface area contributed by atoms with E-state index in [1.54, 1.807) is 19.0 Å². The molecular weight excluding hydrogens is 398 g/mol. The molecule has 2 aromatic carbocycles. The lowest BCUT2D eigenvalue weighted by molar-refractivity contribution is 0.0827. The van der Waals surface area contributed by atoms with Crippen LogP contribution in [0.5, 0.6) is 0 Å². The fourth-order valence-electron chi connectivity index (χ4n) is 4.13. The fraction of sp³-hybridized carbons (Fsp3) is 0.462. The molecule has 1 amide bonds. The van der Waals surface area contributed by atoms with Crippen LogP contribution in [0, 0.1) is 0 Å². The molecular formula is C26H37N5O. The number of hydrogen-bond acceptors (Lipinski definition) is 3. The third-order valence-electron chi connectivity index (χ3n) is 5.93. The second-order valence-electron chi connectivity index (χ2n) is 8.69. The number of amides is 1. The molecule has 0 radical (unpaired) electrons. The first-order valence-corrected chi connectivity index (χ1v) is 11.5. The van der Waals surface area contributed by atoms with E-state index in [-0.39, 0.29) is 5.91 Å². The second-order valence-corrected chi connectivity index (χ2v) is 8.69. The minimum atomic E-state index is 0.0293. The van der Waals surface area contributed by atoms with Crippen LogP contribution >= 0.6 is 0 Å². The molecule has 1 heterocycles. The SMILES string of the molecule is CN=C(NCCc1cccc(C(=O)N(C)C)c1)N(C)Cc1ccc(N2CCCCC2)cc1. The lowest BCUT2D eigenvalue weighted by atomic mass is 10.1. The van der Waals surface area contributed by atoms with Crippen LogP contribution in [0.1, 0.15) is 40.7 Å². The third-order valence-corrected chi connectivity index (χ3v) is 5.93. The normalized spacial score (nSPS) is 14.2. The molecule has 0 aliphatic carbocycles. The summed E-state index contributed by atoms with van der Waals surface area (Å²) in [7, 11) is 7.42. The number of anilines is 1. The van der Waals surface area contributed by atoms with Gasteiger partial charge in [-0.3, -0.25) is 9.79 Å². The van der Waals surface area contributed by atoms with Gasteiger partial charge >= 0.3 is 0 Å². The molecule has 172 valence electrons. The van der Waals surface area contributed by atoms with Crippen molar-refractivity contribution in [1.82, 2.24) is 15.1 Å². The summed E-state index contributed by atoms with van der Waals surface area (Å²) in [5, 5.41) is 3.44. The highest BCUT2D eigenvalue weighted by Gasteiger charge is 2.12. The van der Waals surface area contributed by atoms with Crippen molar-refractivity contribution in [3.05, 3.63) is 65.2 Å². The zero-order valence-electron chi connectivity index (χ0n) is 20.0. The number of benzene rings is 2. The Labute approximate surface area is 192 Å². The Hall–Kier alpha value is -3.02. The number of hydrogen-bond donors (Lipinski definition) is 1. The number of rotatable bonds is 7. The van der Waals surface area contributed by atoms with Gasteiger partial charge in [-0.1, -0.05) is 24.3 Å². The van der Waals surface area contributed by atoms with Crippen molar-refractivity contribution in [2.24, 2.45) is 4.99 Å². The summed E-state index contributed by atoms with van der Waals surface area (Å²) in [6, 6.07) is 16.8. The molecule has 0 unspecified atom stereocenters. The van der Waals surface area contributed by atoms with Crippen molar-refractivity contribution in [3.8, 4) is 0 Å². The number of nitrogens with zero attached hydrogens (tertiary/aromatic N) is 4. The van der Waals surface area contributed by atoms with Crippen molar-refractivity contribution in [2.75, 3.05) is 52.7 Å². The van der Waals surface area contributed by atoms with Gasteiger partial charge in [0, 0.05) is 65.6 Å². The average molecular weight is 436 g/mol. The summed E-state index contributed by atoms with van der Waals surface area (Å²) in [6.45, 7) is 3.89.